The predicted molar refractivity (Wildman–Crippen MR) is 110 cm³/mol. The zero-order chi connectivity index (χ0) is 19.8. The molecule has 6 nitrogen and oxygen atoms in total. The molecule has 1 saturated heterocycles. The standard InChI is InChI=1S/C18H21BrN2O4S2/c1-18(2,3)25-17(24)14-10(8-19)9-27-16-13(15(23)21(14)16)20-12(22)7-11-5-4-6-26-11/h4-6,13,16H,7-9H2,1-3H3,(H,20,22)/t13-,16-/m1/s1. The van der Waals surface area contributed by atoms with Crippen molar-refractivity contribution in [1.29, 1.82) is 0 Å². The summed E-state index contributed by atoms with van der Waals surface area (Å²) < 4.78 is 5.49. The normalized spacial score (nSPS) is 22.2. The molecule has 146 valence electrons. The van der Waals surface area contributed by atoms with Crippen molar-refractivity contribution in [3.05, 3.63) is 33.7 Å². The van der Waals surface area contributed by atoms with E-state index in [1.165, 1.54) is 16.2 Å². The Morgan fingerprint density at radius 3 is 2.74 bits per heavy atom. The molecule has 2 aliphatic rings. The average molecular weight is 473 g/mol. The number of esters is 1. The quantitative estimate of drug-likeness (QED) is 0.405. The largest absolute Gasteiger partial charge is 0.455 e. The van der Waals surface area contributed by atoms with Gasteiger partial charge in [0.05, 0.1) is 6.42 Å². The van der Waals surface area contributed by atoms with Gasteiger partial charge in [-0.25, -0.2) is 4.79 Å². The van der Waals surface area contributed by atoms with E-state index in [1.807, 2.05) is 17.5 Å². The van der Waals surface area contributed by atoms with E-state index in [4.69, 9.17) is 4.74 Å². The van der Waals surface area contributed by atoms with E-state index in [2.05, 4.69) is 21.2 Å². The van der Waals surface area contributed by atoms with Crippen LogP contribution in [0.15, 0.2) is 28.8 Å². The summed E-state index contributed by atoms with van der Waals surface area (Å²) in [6.07, 6.45) is 0.250. The van der Waals surface area contributed by atoms with Crippen LogP contribution in [0.3, 0.4) is 0 Å². The third-order valence-corrected chi connectivity index (χ3v) is 6.93. The van der Waals surface area contributed by atoms with Crippen LogP contribution < -0.4 is 5.32 Å². The Kier molecular flexibility index (Phi) is 6.02. The molecule has 1 aromatic heterocycles. The van der Waals surface area contributed by atoms with Crippen molar-refractivity contribution in [2.45, 2.75) is 44.2 Å². The van der Waals surface area contributed by atoms with E-state index in [0.29, 0.717) is 16.8 Å². The van der Waals surface area contributed by atoms with Gasteiger partial charge in [0.1, 0.15) is 22.7 Å². The van der Waals surface area contributed by atoms with Crippen LogP contribution in [0.1, 0.15) is 25.6 Å². The van der Waals surface area contributed by atoms with Crippen molar-refractivity contribution >= 4 is 56.8 Å². The van der Waals surface area contributed by atoms with Gasteiger partial charge in [-0.3, -0.25) is 14.5 Å². The third-order valence-electron chi connectivity index (χ3n) is 4.03. The molecule has 3 heterocycles. The lowest BCUT2D eigenvalue weighted by molar-refractivity contribution is -0.159. The lowest BCUT2D eigenvalue weighted by atomic mass is 10.0. The van der Waals surface area contributed by atoms with Crippen LogP contribution in [0.5, 0.6) is 0 Å². The van der Waals surface area contributed by atoms with Crippen molar-refractivity contribution < 1.29 is 19.1 Å². The van der Waals surface area contributed by atoms with Crippen LogP contribution in [0.4, 0.5) is 0 Å². The minimum Gasteiger partial charge on any atom is -0.455 e. The number of thioether (sulfide) groups is 1. The molecule has 1 fully saturated rings. The summed E-state index contributed by atoms with van der Waals surface area (Å²) in [4.78, 5) is 40.1. The van der Waals surface area contributed by atoms with Gasteiger partial charge in [0.15, 0.2) is 0 Å². The number of β-lactam (4-membered cyclic amide) rings is 1. The molecule has 0 radical (unpaired) electrons. The zero-order valence-electron chi connectivity index (χ0n) is 15.3. The highest BCUT2D eigenvalue weighted by atomic mass is 79.9. The van der Waals surface area contributed by atoms with E-state index >= 15 is 0 Å². The number of amides is 2. The summed E-state index contributed by atoms with van der Waals surface area (Å²) in [7, 11) is 0. The van der Waals surface area contributed by atoms with Crippen LogP contribution in [0.2, 0.25) is 0 Å². The number of alkyl halides is 1. The predicted octanol–water partition coefficient (Wildman–Crippen LogP) is 2.68. The second-order valence-electron chi connectivity index (χ2n) is 7.30. The maximum Gasteiger partial charge on any atom is 0.355 e. The van der Waals surface area contributed by atoms with Crippen LogP contribution in [-0.2, 0) is 25.5 Å². The van der Waals surface area contributed by atoms with Gasteiger partial charge in [0.2, 0.25) is 5.91 Å². The highest BCUT2D eigenvalue weighted by Gasteiger charge is 2.54. The van der Waals surface area contributed by atoms with Gasteiger partial charge in [-0.15, -0.1) is 23.1 Å². The lowest BCUT2D eigenvalue weighted by Gasteiger charge is -2.50. The molecule has 0 unspecified atom stereocenters. The first-order valence-electron chi connectivity index (χ1n) is 8.49. The number of hydrogen-bond acceptors (Lipinski definition) is 6. The number of nitrogens with one attached hydrogen (secondary N) is 1. The molecule has 27 heavy (non-hydrogen) atoms. The number of thiophene rings is 1. The molecular formula is C18H21BrN2O4S2. The number of carbonyl (C=O) groups is 3. The SMILES string of the molecule is CC(C)(C)OC(=O)C1=C(CBr)CS[C@@H]2[C@H](NC(=O)Cc3cccs3)C(=O)N12. The minimum atomic E-state index is -0.649. The molecule has 0 aliphatic carbocycles. The topological polar surface area (TPSA) is 75.7 Å². The maximum absolute atomic E-state index is 12.7. The Balaban J connectivity index is 1.72. The van der Waals surface area contributed by atoms with Gasteiger partial charge in [0.25, 0.3) is 5.91 Å². The van der Waals surface area contributed by atoms with Gasteiger partial charge in [-0.1, -0.05) is 22.0 Å². The molecule has 3 rings (SSSR count). The molecule has 9 heteroatoms. The maximum atomic E-state index is 12.7. The van der Waals surface area contributed by atoms with Crippen molar-refractivity contribution in [1.82, 2.24) is 10.2 Å². The second-order valence-corrected chi connectivity index (χ2v) is 10.00. The molecule has 2 amide bonds. The highest BCUT2D eigenvalue weighted by Crippen LogP contribution is 2.41. The smallest absolute Gasteiger partial charge is 0.355 e. The number of carbonyl (C=O) groups excluding carboxylic acids is 3. The van der Waals surface area contributed by atoms with E-state index in [1.54, 1.807) is 32.5 Å². The van der Waals surface area contributed by atoms with Gasteiger partial charge < -0.3 is 10.1 Å². The van der Waals surface area contributed by atoms with Gasteiger partial charge in [0, 0.05) is 16.0 Å². The Labute approximate surface area is 174 Å². The zero-order valence-corrected chi connectivity index (χ0v) is 18.5. The first kappa shape index (κ1) is 20.4. The number of fused-ring (bicyclic) bond motifs is 1. The van der Waals surface area contributed by atoms with Crippen LogP contribution in [0, 0.1) is 0 Å². The number of hydrogen-bond donors (Lipinski definition) is 1. The van der Waals surface area contributed by atoms with E-state index < -0.39 is 17.6 Å². The van der Waals surface area contributed by atoms with Gasteiger partial charge in [-0.05, 0) is 37.8 Å². The summed E-state index contributed by atoms with van der Waals surface area (Å²) in [5.41, 5.74) is 0.477. The van der Waals surface area contributed by atoms with Crippen molar-refractivity contribution in [2.24, 2.45) is 0 Å². The van der Waals surface area contributed by atoms with Gasteiger partial charge in [-0.2, -0.15) is 0 Å². The Morgan fingerprint density at radius 2 is 2.15 bits per heavy atom. The highest BCUT2D eigenvalue weighted by molar-refractivity contribution is 9.09. The molecule has 0 bridgehead atoms. The molecule has 2 atom stereocenters. The van der Waals surface area contributed by atoms with Crippen LogP contribution in [0.25, 0.3) is 0 Å². The molecular weight excluding hydrogens is 452 g/mol. The third kappa shape index (κ3) is 4.41. The fourth-order valence-electron chi connectivity index (χ4n) is 2.90. The van der Waals surface area contributed by atoms with E-state index in [-0.39, 0.29) is 23.6 Å². The number of ether oxygens (including phenoxy) is 1. The number of halogens is 1. The first-order valence-corrected chi connectivity index (χ1v) is 11.5. The number of rotatable bonds is 5. The second kappa shape index (κ2) is 7.97. The molecule has 1 aromatic rings. The van der Waals surface area contributed by atoms with Crippen LogP contribution >= 0.6 is 39.0 Å². The Bertz CT molecular complexity index is 786. The van der Waals surface area contributed by atoms with Crippen molar-refractivity contribution in [2.75, 3.05) is 11.1 Å². The molecule has 0 aromatic carbocycles. The summed E-state index contributed by atoms with van der Waals surface area (Å²) in [6, 6.07) is 3.16. The molecule has 0 saturated carbocycles. The average Bonchev–Trinajstić information content (AvgIpc) is 3.09. The molecule has 0 spiro atoms. The molecule has 2 aliphatic heterocycles. The van der Waals surface area contributed by atoms with Gasteiger partial charge >= 0.3 is 5.97 Å². The lowest BCUT2D eigenvalue weighted by Crippen LogP contribution is -2.70. The van der Waals surface area contributed by atoms with E-state index in [9.17, 15) is 14.4 Å². The summed E-state index contributed by atoms with van der Waals surface area (Å²) in [5, 5.41) is 4.93. The Hall–Kier alpha value is -1.32. The summed E-state index contributed by atoms with van der Waals surface area (Å²) in [5.74, 6) is -0.360. The first-order chi connectivity index (χ1) is 12.7. The van der Waals surface area contributed by atoms with E-state index in [0.717, 1.165) is 10.5 Å². The Morgan fingerprint density at radius 1 is 1.41 bits per heavy atom. The fourth-order valence-corrected chi connectivity index (χ4v) is 5.67. The summed E-state index contributed by atoms with van der Waals surface area (Å²) >= 11 is 6.44. The number of nitrogens with zero attached hydrogens (tertiary/aromatic N) is 1. The van der Waals surface area contributed by atoms with Crippen molar-refractivity contribution in [3.8, 4) is 0 Å². The molecule has 1 N–H and O–H groups in total. The van der Waals surface area contributed by atoms with Crippen LogP contribution in [-0.4, -0.2) is 50.8 Å². The monoisotopic (exact) mass is 472 g/mol. The van der Waals surface area contributed by atoms with Crippen molar-refractivity contribution in [3.63, 3.8) is 0 Å². The summed E-state index contributed by atoms with van der Waals surface area (Å²) in [6.45, 7) is 5.37. The minimum absolute atomic E-state index is 0.190. The fraction of sp³-hybridized carbons (Fsp3) is 0.500.